The van der Waals surface area contributed by atoms with Crippen molar-refractivity contribution in [3.05, 3.63) is 10.3 Å². The summed E-state index contributed by atoms with van der Waals surface area (Å²) in [6.07, 6.45) is -4.63. The summed E-state index contributed by atoms with van der Waals surface area (Å²) in [6.45, 7) is 1.69. The molecular formula is C9H8ClF3O6S2. The highest BCUT2D eigenvalue weighted by molar-refractivity contribution is 8.10. The molecule has 1 aromatic rings. The highest BCUT2D eigenvalue weighted by Crippen LogP contribution is 2.41. The monoisotopic (exact) mass is 368 g/mol. The molecule has 0 spiro atoms. The summed E-state index contributed by atoms with van der Waals surface area (Å²) in [4.78, 5) is 11.1. The molecule has 0 aliphatic rings. The fourth-order valence-electron chi connectivity index (χ4n) is 1.11. The minimum absolute atomic E-state index is 0.000734. The van der Waals surface area contributed by atoms with Gasteiger partial charge in [0.2, 0.25) is 5.75 Å². The van der Waals surface area contributed by atoms with Crippen molar-refractivity contribution in [1.82, 2.24) is 0 Å². The van der Waals surface area contributed by atoms with Crippen LogP contribution < -0.4 is 8.92 Å². The van der Waals surface area contributed by atoms with Crippen LogP contribution in [0.1, 0.15) is 23.0 Å². The molecule has 120 valence electrons. The van der Waals surface area contributed by atoms with Crippen LogP contribution in [0.15, 0.2) is 5.38 Å². The normalized spacial score (nSPS) is 12.0. The number of alkyl halides is 3. The molecule has 6 nitrogen and oxygen atoms in total. The number of rotatable bonds is 6. The smallest absolute Gasteiger partial charge is 0.461 e. The quantitative estimate of drug-likeness (QED) is 0.567. The van der Waals surface area contributed by atoms with E-state index in [-0.39, 0.29) is 6.61 Å². The molecular weight excluding hydrogens is 361 g/mol. The Morgan fingerprint density at radius 2 is 2.05 bits per heavy atom. The van der Waals surface area contributed by atoms with Gasteiger partial charge in [0.05, 0.1) is 17.3 Å². The molecule has 0 aromatic carbocycles. The Balaban J connectivity index is 3.16. The lowest BCUT2D eigenvalue weighted by atomic mass is 10.4. The molecule has 0 amide bonds. The third-order valence-electron chi connectivity index (χ3n) is 1.75. The molecule has 0 unspecified atom stereocenters. The fourth-order valence-corrected chi connectivity index (χ4v) is 2.50. The highest BCUT2D eigenvalue weighted by atomic mass is 35.7. The van der Waals surface area contributed by atoms with Crippen LogP contribution in [0.4, 0.5) is 13.2 Å². The van der Waals surface area contributed by atoms with E-state index in [1.165, 1.54) is 0 Å². The third-order valence-corrected chi connectivity index (χ3v) is 3.22. The van der Waals surface area contributed by atoms with E-state index >= 15 is 0 Å². The number of esters is 1. The maximum atomic E-state index is 12.2. The molecule has 1 aromatic heterocycles. The molecule has 0 bridgehead atoms. The third kappa shape index (κ3) is 5.98. The number of hydrogen-bond donors (Lipinski definition) is 0. The van der Waals surface area contributed by atoms with Crippen molar-refractivity contribution in [2.75, 3.05) is 6.61 Å². The molecule has 21 heavy (non-hydrogen) atoms. The van der Waals surface area contributed by atoms with Gasteiger partial charge >= 0.3 is 21.7 Å². The summed E-state index contributed by atoms with van der Waals surface area (Å²) < 4.78 is 70.7. The number of thiophene rings is 1. The zero-order valence-electron chi connectivity index (χ0n) is 10.3. The Morgan fingerprint density at radius 1 is 1.43 bits per heavy atom. The summed E-state index contributed by atoms with van der Waals surface area (Å²) in [7, 11) is 0.137. The van der Waals surface area contributed by atoms with Gasteiger partial charge in [-0.15, -0.1) is 24.5 Å². The predicted molar refractivity (Wildman–Crippen MR) is 67.0 cm³/mol. The Morgan fingerprint density at radius 3 is 2.52 bits per heavy atom. The molecule has 1 heterocycles. The van der Waals surface area contributed by atoms with E-state index in [2.05, 4.69) is 8.92 Å². The molecule has 0 atom stereocenters. The number of carbonyl (C=O) groups is 1. The zero-order chi connectivity index (χ0) is 16.3. The topological polar surface area (TPSA) is 78.9 Å². The molecule has 0 aliphatic heterocycles. The second-order valence-corrected chi connectivity index (χ2v) is 6.38. The van der Waals surface area contributed by atoms with Gasteiger partial charge in [0, 0.05) is 5.38 Å². The van der Waals surface area contributed by atoms with E-state index in [4.69, 9.17) is 15.4 Å². The average Bonchev–Trinajstić information content (AvgIpc) is 2.65. The number of carbonyl (C=O) groups excluding carboxylic acids is 1. The van der Waals surface area contributed by atoms with Crippen molar-refractivity contribution in [3.8, 4) is 11.5 Å². The van der Waals surface area contributed by atoms with E-state index < -0.39 is 38.0 Å². The fraction of sp³-hybridized carbons (Fsp3) is 0.444. The van der Waals surface area contributed by atoms with E-state index in [9.17, 15) is 26.4 Å². The van der Waals surface area contributed by atoms with Crippen molar-refractivity contribution in [2.24, 2.45) is 0 Å². The molecule has 0 radical (unpaired) electrons. The van der Waals surface area contributed by atoms with Gasteiger partial charge in [-0.3, -0.25) is 0 Å². The van der Waals surface area contributed by atoms with Gasteiger partial charge in [-0.25, -0.2) is 4.79 Å². The van der Waals surface area contributed by atoms with Gasteiger partial charge in [0.1, 0.15) is 0 Å². The maximum Gasteiger partial charge on any atom is 0.573 e. The first-order valence-electron chi connectivity index (χ1n) is 5.22. The van der Waals surface area contributed by atoms with Gasteiger partial charge in [0.15, 0.2) is 10.6 Å². The molecule has 1 rings (SSSR count). The zero-order valence-corrected chi connectivity index (χ0v) is 12.7. The Hall–Kier alpha value is -1.20. The van der Waals surface area contributed by atoms with Crippen LogP contribution in [0, 0.1) is 0 Å². The van der Waals surface area contributed by atoms with E-state index in [0.717, 1.165) is 5.38 Å². The summed E-state index contributed by atoms with van der Waals surface area (Å²) in [6, 6.07) is 0. The van der Waals surface area contributed by atoms with Gasteiger partial charge < -0.3 is 13.7 Å². The van der Waals surface area contributed by atoms with Crippen molar-refractivity contribution >= 4 is 37.3 Å². The van der Waals surface area contributed by atoms with E-state index in [1.807, 2.05) is 0 Å². The molecule has 0 aliphatic carbocycles. The van der Waals surface area contributed by atoms with Crippen molar-refractivity contribution in [1.29, 1.82) is 0 Å². The minimum atomic E-state index is -5.10. The lowest BCUT2D eigenvalue weighted by Gasteiger charge is -2.10. The van der Waals surface area contributed by atoms with Crippen LogP contribution in [0.2, 0.25) is 0 Å². The number of halogens is 4. The predicted octanol–water partition coefficient (Wildman–Crippen LogP) is 3.08. The second-order valence-electron chi connectivity index (χ2n) is 3.42. The highest BCUT2D eigenvalue weighted by Gasteiger charge is 2.36. The summed E-state index contributed by atoms with van der Waals surface area (Å²) in [5.74, 6) is -3.01. The molecule has 0 N–H and O–H groups in total. The van der Waals surface area contributed by atoms with Gasteiger partial charge in [0.25, 0.3) is 0 Å². The van der Waals surface area contributed by atoms with E-state index in [0.29, 0.717) is 17.8 Å². The van der Waals surface area contributed by atoms with Gasteiger partial charge in [-0.2, -0.15) is 8.42 Å². The largest absolute Gasteiger partial charge is 0.573 e. The molecule has 12 heteroatoms. The summed E-state index contributed by atoms with van der Waals surface area (Å²) >= 11 is 0.468. The average molecular weight is 369 g/mol. The summed E-state index contributed by atoms with van der Waals surface area (Å²) in [5, 5.41) is 0.757. The van der Waals surface area contributed by atoms with Crippen LogP contribution in [0.25, 0.3) is 0 Å². The molecule has 0 saturated carbocycles. The number of ether oxygens (including phenoxy) is 2. The van der Waals surface area contributed by atoms with Gasteiger partial charge in [-0.1, -0.05) is 6.92 Å². The van der Waals surface area contributed by atoms with E-state index in [1.54, 1.807) is 6.92 Å². The van der Waals surface area contributed by atoms with Crippen LogP contribution in [0.5, 0.6) is 11.5 Å². The lowest BCUT2D eigenvalue weighted by molar-refractivity contribution is -0.274. The maximum absolute atomic E-state index is 12.2. The SMILES string of the molecule is CCCOC(=O)c1scc(OC(F)(F)F)c1OS(=O)(=O)Cl. The second kappa shape index (κ2) is 6.71. The Labute approximate surface area is 126 Å². The molecule has 0 fully saturated rings. The summed E-state index contributed by atoms with van der Waals surface area (Å²) in [5.41, 5.74) is 0. The first-order valence-corrected chi connectivity index (χ1v) is 8.33. The van der Waals surface area contributed by atoms with Crippen molar-refractivity contribution < 1.29 is 40.0 Å². The van der Waals surface area contributed by atoms with Crippen LogP contribution >= 0.6 is 22.0 Å². The van der Waals surface area contributed by atoms with Crippen LogP contribution in [-0.4, -0.2) is 27.4 Å². The Kier molecular flexibility index (Phi) is 5.70. The first-order chi connectivity index (χ1) is 9.53. The first kappa shape index (κ1) is 17.9. The van der Waals surface area contributed by atoms with Crippen LogP contribution in [-0.2, 0) is 14.1 Å². The standard InChI is InChI=1S/C9H8ClF3O6S2/c1-2-3-17-8(14)7-6(19-21(10,15)16)5(4-20-7)18-9(11,12)13/h4H,2-3H2,1H3. The molecule has 0 saturated heterocycles. The number of hydrogen-bond acceptors (Lipinski definition) is 7. The van der Waals surface area contributed by atoms with Crippen molar-refractivity contribution in [3.63, 3.8) is 0 Å². The minimum Gasteiger partial charge on any atom is -0.461 e. The van der Waals surface area contributed by atoms with Crippen LogP contribution in [0.3, 0.4) is 0 Å². The van der Waals surface area contributed by atoms with Crippen molar-refractivity contribution in [2.45, 2.75) is 19.7 Å². The lowest BCUT2D eigenvalue weighted by Crippen LogP contribution is -2.18. The van der Waals surface area contributed by atoms with Gasteiger partial charge in [-0.05, 0) is 6.42 Å². The Bertz CT molecular complexity index is 609.